The van der Waals surface area contributed by atoms with Gasteiger partial charge in [-0.1, -0.05) is 54.6 Å². The number of hydrogen-bond donors (Lipinski definition) is 1. The fourth-order valence-corrected chi connectivity index (χ4v) is 3.36. The lowest BCUT2D eigenvalue weighted by atomic mass is 10.1. The Morgan fingerprint density at radius 1 is 0.900 bits per heavy atom. The van der Waals surface area contributed by atoms with Crippen LogP contribution >= 0.6 is 0 Å². The molecule has 0 saturated carbocycles. The zero-order chi connectivity index (χ0) is 20.6. The molecule has 1 atom stereocenters. The van der Waals surface area contributed by atoms with Crippen LogP contribution in [0.15, 0.2) is 78.9 Å². The lowest BCUT2D eigenvalue weighted by Crippen LogP contribution is -2.21. The number of anilines is 1. The van der Waals surface area contributed by atoms with E-state index in [9.17, 15) is 4.79 Å². The SMILES string of the molecule is O=C(COc1ccc(-c2ccccc2)cc1)Nc1ccccc1OCC1CCCO1. The molecule has 30 heavy (non-hydrogen) atoms. The highest BCUT2D eigenvalue weighted by molar-refractivity contribution is 5.93. The highest BCUT2D eigenvalue weighted by Gasteiger charge is 2.17. The third kappa shape index (κ3) is 5.39. The summed E-state index contributed by atoms with van der Waals surface area (Å²) in [5.74, 6) is 1.04. The molecule has 3 aromatic rings. The van der Waals surface area contributed by atoms with Crippen LogP contribution < -0.4 is 14.8 Å². The standard InChI is InChI=1S/C25H25NO4/c27-25(18-29-21-14-12-20(13-15-21)19-7-2-1-3-8-19)26-23-10-4-5-11-24(23)30-17-22-9-6-16-28-22/h1-5,7-8,10-15,22H,6,9,16-18H2,(H,26,27). The summed E-state index contributed by atoms with van der Waals surface area (Å²) < 4.78 is 17.1. The largest absolute Gasteiger partial charge is 0.489 e. The van der Waals surface area contributed by atoms with Gasteiger partial charge in [0.2, 0.25) is 0 Å². The maximum Gasteiger partial charge on any atom is 0.262 e. The van der Waals surface area contributed by atoms with Gasteiger partial charge in [-0.3, -0.25) is 4.79 Å². The number of carbonyl (C=O) groups is 1. The number of ether oxygens (including phenoxy) is 3. The van der Waals surface area contributed by atoms with Crippen molar-refractivity contribution in [2.24, 2.45) is 0 Å². The molecule has 0 spiro atoms. The molecule has 0 bridgehead atoms. The number of amides is 1. The highest BCUT2D eigenvalue weighted by atomic mass is 16.5. The quantitative estimate of drug-likeness (QED) is 0.579. The molecule has 154 valence electrons. The minimum atomic E-state index is -0.240. The Balaban J connectivity index is 1.29. The van der Waals surface area contributed by atoms with Crippen molar-refractivity contribution in [2.75, 3.05) is 25.1 Å². The summed E-state index contributed by atoms with van der Waals surface area (Å²) in [6, 6.07) is 25.2. The topological polar surface area (TPSA) is 56.8 Å². The van der Waals surface area contributed by atoms with Gasteiger partial charge in [0.15, 0.2) is 6.61 Å². The van der Waals surface area contributed by atoms with Crippen LogP contribution in [0.3, 0.4) is 0 Å². The van der Waals surface area contributed by atoms with Gasteiger partial charge in [0.05, 0.1) is 11.8 Å². The molecule has 1 heterocycles. The molecule has 0 radical (unpaired) electrons. The molecular weight excluding hydrogens is 378 g/mol. The van der Waals surface area contributed by atoms with E-state index >= 15 is 0 Å². The summed E-state index contributed by atoms with van der Waals surface area (Å²) >= 11 is 0. The number of benzene rings is 3. The minimum Gasteiger partial charge on any atom is -0.489 e. The Kier molecular flexibility index (Phi) is 6.62. The maximum atomic E-state index is 12.4. The van der Waals surface area contributed by atoms with E-state index in [1.54, 1.807) is 0 Å². The first kappa shape index (κ1) is 20.0. The summed E-state index contributed by atoms with van der Waals surface area (Å²) in [7, 11) is 0. The minimum absolute atomic E-state index is 0.0786. The molecule has 3 aromatic carbocycles. The molecular formula is C25H25NO4. The van der Waals surface area contributed by atoms with Gasteiger partial charge in [0.25, 0.3) is 5.91 Å². The van der Waals surface area contributed by atoms with Crippen molar-refractivity contribution < 1.29 is 19.0 Å². The number of nitrogens with one attached hydrogen (secondary N) is 1. The van der Waals surface area contributed by atoms with E-state index in [2.05, 4.69) is 17.4 Å². The van der Waals surface area contributed by atoms with E-state index < -0.39 is 0 Å². The molecule has 1 saturated heterocycles. The zero-order valence-corrected chi connectivity index (χ0v) is 16.8. The van der Waals surface area contributed by atoms with Gasteiger partial charge >= 0.3 is 0 Å². The monoisotopic (exact) mass is 403 g/mol. The second-order valence-electron chi connectivity index (χ2n) is 7.17. The van der Waals surface area contributed by atoms with Gasteiger partial charge in [-0.05, 0) is 48.2 Å². The van der Waals surface area contributed by atoms with Crippen LogP contribution in [0.5, 0.6) is 11.5 Å². The molecule has 5 heteroatoms. The van der Waals surface area contributed by atoms with Gasteiger partial charge < -0.3 is 19.5 Å². The third-order valence-electron chi connectivity index (χ3n) is 4.94. The third-order valence-corrected chi connectivity index (χ3v) is 4.94. The Morgan fingerprint density at radius 3 is 2.40 bits per heavy atom. The van der Waals surface area contributed by atoms with Crippen LogP contribution in [0.2, 0.25) is 0 Å². The van der Waals surface area contributed by atoms with E-state index in [4.69, 9.17) is 14.2 Å². The maximum absolute atomic E-state index is 12.4. The van der Waals surface area contributed by atoms with Gasteiger partial charge in [-0.15, -0.1) is 0 Å². The van der Waals surface area contributed by atoms with Crippen LogP contribution in [-0.2, 0) is 9.53 Å². The average Bonchev–Trinajstić information content (AvgIpc) is 3.32. The molecule has 1 aliphatic rings. The van der Waals surface area contributed by atoms with Crippen LogP contribution in [-0.4, -0.2) is 31.8 Å². The molecule has 4 rings (SSSR count). The summed E-state index contributed by atoms with van der Waals surface area (Å²) in [5, 5.41) is 2.86. The lowest BCUT2D eigenvalue weighted by Gasteiger charge is -2.15. The second kappa shape index (κ2) is 9.94. The van der Waals surface area contributed by atoms with E-state index in [0.717, 1.165) is 30.6 Å². The first-order valence-corrected chi connectivity index (χ1v) is 10.2. The average molecular weight is 403 g/mol. The Hall–Kier alpha value is -3.31. The van der Waals surface area contributed by atoms with Crippen molar-refractivity contribution in [1.29, 1.82) is 0 Å². The number of rotatable bonds is 8. The predicted molar refractivity (Wildman–Crippen MR) is 117 cm³/mol. The second-order valence-corrected chi connectivity index (χ2v) is 7.17. The van der Waals surface area contributed by atoms with Crippen molar-refractivity contribution in [3.8, 4) is 22.6 Å². The van der Waals surface area contributed by atoms with Gasteiger partial charge in [0, 0.05) is 6.61 Å². The highest BCUT2D eigenvalue weighted by Crippen LogP contribution is 2.25. The van der Waals surface area contributed by atoms with E-state index in [-0.39, 0.29) is 18.6 Å². The fraction of sp³-hybridized carbons (Fsp3) is 0.240. The Labute approximate surface area is 176 Å². The van der Waals surface area contributed by atoms with E-state index in [0.29, 0.717) is 23.8 Å². The van der Waals surface area contributed by atoms with Crippen molar-refractivity contribution in [2.45, 2.75) is 18.9 Å². The van der Waals surface area contributed by atoms with Gasteiger partial charge in [-0.25, -0.2) is 0 Å². The van der Waals surface area contributed by atoms with Crippen molar-refractivity contribution in [3.63, 3.8) is 0 Å². The fourth-order valence-electron chi connectivity index (χ4n) is 3.36. The van der Waals surface area contributed by atoms with Crippen molar-refractivity contribution >= 4 is 11.6 Å². The van der Waals surface area contributed by atoms with Crippen LogP contribution in [0.25, 0.3) is 11.1 Å². The van der Waals surface area contributed by atoms with Crippen molar-refractivity contribution in [1.82, 2.24) is 0 Å². The lowest BCUT2D eigenvalue weighted by molar-refractivity contribution is -0.118. The smallest absolute Gasteiger partial charge is 0.262 e. The molecule has 1 fully saturated rings. The molecule has 0 aliphatic carbocycles. The molecule has 0 aromatic heterocycles. The molecule has 1 unspecified atom stereocenters. The van der Waals surface area contributed by atoms with E-state index in [1.807, 2.05) is 66.7 Å². The number of hydrogen-bond acceptors (Lipinski definition) is 4. The molecule has 1 amide bonds. The zero-order valence-electron chi connectivity index (χ0n) is 16.8. The summed E-state index contributed by atoms with van der Waals surface area (Å²) in [6.07, 6.45) is 2.19. The molecule has 1 N–H and O–H groups in total. The van der Waals surface area contributed by atoms with Crippen LogP contribution in [0, 0.1) is 0 Å². The van der Waals surface area contributed by atoms with Gasteiger partial charge in [-0.2, -0.15) is 0 Å². The Bertz CT molecular complexity index is 950. The van der Waals surface area contributed by atoms with Crippen molar-refractivity contribution in [3.05, 3.63) is 78.9 Å². The molecule has 1 aliphatic heterocycles. The van der Waals surface area contributed by atoms with Crippen LogP contribution in [0.4, 0.5) is 5.69 Å². The number of para-hydroxylation sites is 2. The van der Waals surface area contributed by atoms with E-state index in [1.165, 1.54) is 0 Å². The first-order valence-electron chi connectivity index (χ1n) is 10.2. The number of carbonyl (C=O) groups excluding carboxylic acids is 1. The Morgan fingerprint density at radius 2 is 1.63 bits per heavy atom. The first-order chi connectivity index (χ1) is 14.8. The van der Waals surface area contributed by atoms with Crippen LogP contribution in [0.1, 0.15) is 12.8 Å². The molecule has 5 nitrogen and oxygen atoms in total. The normalized spacial score (nSPS) is 15.5. The summed E-state index contributed by atoms with van der Waals surface area (Å²) in [6.45, 7) is 1.19. The van der Waals surface area contributed by atoms with Gasteiger partial charge in [0.1, 0.15) is 18.1 Å². The summed E-state index contributed by atoms with van der Waals surface area (Å²) in [5.41, 5.74) is 2.87. The predicted octanol–water partition coefficient (Wildman–Crippen LogP) is 4.93. The summed E-state index contributed by atoms with van der Waals surface area (Å²) in [4.78, 5) is 12.4.